The summed E-state index contributed by atoms with van der Waals surface area (Å²) in [4.78, 5) is 12.6. The van der Waals surface area contributed by atoms with E-state index in [1.165, 1.54) is 51.0 Å². The van der Waals surface area contributed by atoms with Crippen molar-refractivity contribution in [3.8, 4) is 11.5 Å². The maximum atomic E-state index is 15.1. The van der Waals surface area contributed by atoms with E-state index in [0.717, 1.165) is 36.2 Å². The Morgan fingerprint density at radius 2 is 1.76 bits per heavy atom. The molecular formula is C30H37FO3. The molecule has 2 aromatic carbocycles. The van der Waals surface area contributed by atoms with E-state index in [4.69, 9.17) is 9.47 Å². The quantitative estimate of drug-likeness (QED) is 0.214. The van der Waals surface area contributed by atoms with Crippen molar-refractivity contribution in [3.63, 3.8) is 0 Å². The van der Waals surface area contributed by atoms with Gasteiger partial charge in [-0.05, 0) is 97.7 Å². The molecule has 0 spiro atoms. The van der Waals surface area contributed by atoms with Crippen molar-refractivity contribution in [2.75, 3.05) is 6.61 Å². The fourth-order valence-electron chi connectivity index (χ4n) is 5.93. The number of esters is 1. The summed E-state index contributed by atoms with van der Waals surface area (Å²) in [6, 6.07) is 11.6. The molecule has 4 heteroatoms. The molecule has 2 fully saturated rings. The lowest BCUT2D eigenvalue weighted by Crippen LogP contribution is -2.30. The Morgan fingerprint density at radius 1 is 1.03 bits per heavy atom. The first-order valence-electron chi connectivity index (χ1n) is 12.9. The molecule has 0 heterocycles. The topological polar surface area (TPSA) is 35.5 Å². The maximum absolute atomic E-state index is 15.1. The molecule has 0 saturated heterocycles. The highest BCUT2D eigenvalue weighted by molar-refractivity contribution is 5.91. The van der Waals surface area contributed by atoms with Gasteiger partial charge in [0.1, 0.15) is 23.9 Å². The van der Waals surface area contributed by atoms with Crippen LogP contribution in [-0.4, -0.2) is 12.6 Å². The first-order valence-corrected chi connectivity index (χ1v) is 12.9. The van der Waals surface area contributed by atoms with Crippen LogP contribution < -0.4 is 9.47 Å². The minimum absolute atomic E-state index is 0.235. The second-order valence-electron chi connectivity index (χ2n) is 10.0. The Labute approximate surface area is 203 Å². The van der Waals surface area contributed by atoms with E-state index in [1.807, 2.05) is 0 Å². The van der Waals surface area contributed by atoms with Crippen LogP contribution in [0.3, 0.4) is 0 Å². The van der Waals surface area contributed by atoms with E-state index in [0.29, 0.717) is 18.1 Å². The zero-order chi connectivity index (χ0) is 23.9. The predicted molar refractivity (Wildman–Crippen MR) is 134 cm³/mol. The van der Waals surface area contributed by atoms with Gasteiger partial charge in [-0.25, -0.2) is 9.18 Å². The molecule has 1 unspecified atom stereocenters. The monoisotopic (exact) mass is 464 g/mol. The zero-order valence-corrected chi connectivity index (χ0v) is 20.3. The van der Waals surface area contributed by atoms with Crippen LogP contribution in [0.15, 0.2) is 55.1 Å². The zero-order valence-electron chi connectivity index (χ0n) is 20.3. The Balaban J connectivity index is 1.34. The van der Waals surface area contributed by atoms with Crippen LogP contribution in [0.5, 0.6) is 11.5 Å². The fourth-order valence-corrected chi connectivity index (χ4v) is 5.93. The van der Waals surface area contributed by atoms with E-state index < -0.39 is 5.97 Å². The van der Waals surface area contributed by atoms with Gasteiger partial charge in [-0.3, -0.25) is 0 Å². The largest absolute Gasteiger partial charge is 0.490 e. The van der Waals surface area contributed by atoms with Crippen LogP contribution in [0, 0.1) is 23.6 Å². The van der Waals surface area contributed by atoms with Crippen molar-refractivity contribution < 1.29 is 18.7 Å². The number of unbranched alkanes of at least 4 members (excludes halogenated alkanes) is 1. The first-order chi connectivity index (χ1) is 16.6. The summed E-state index contributed by atoms with van der Waals surface area (Å²) >= 11 is 0. The third-order valence-corrected chi connectivity index (χ3v) is 7.77. The van der Waals surface area contributed by atoms with Crippen molar-refractivity contribution in [1.82, 2.24) is 0 Å². The van der Waals surface area contributed by atoms with E-state index in [2.05, 4.69) is 13.5 Å². The van der Waals surface area contributed by atoms with Crippen molar-refractivity contribution in [2.45, 2.75) is 70.6 Å². The van der Waals surface area contributed by atoms with Gasteiger partial charge in [0.2, 0.25) is 0 Å². The summed E-state index contributed by atoms with van der Waals surface area (Å²) in [5.74, 6) is 2.91. The van der Waals surface area contributed by atoms with Crippen molar-refractivity contribution in [3.05, 3.63) is 72.1 Å². The van der Waals surface area contributed by atoms with E-state index >= 15 is 4.39 Å². The number of fused-ring (bicyclic) bond motifs is 1. The van der Waals surface area contributed by atoms with Crippen LogP contribution in [-0.2, 0) is 0 Å². The number of carbonyl (C=O) groups is 1. The molecule has 182 valence electrons. The van der Waals surface area contributed by atoms with Crippen molar-refractivity contribution in [2.24, 2.45) is 17.8 Å². The number of benzene rings is 2. The van der Waals surface area contributed by atoms with E-state index in [9.17, 15) is 4.79 Å². The lowest BCUT2D eigenvalue weighted by Gasteiger charge is -2.42. The molecule has 34 heavy (non-hydrogen) atoms. The molecule has 0 amide bonds. The highest BCUT2D eigenvalue weighted by atomic mass is 19.1. The van der Waals surface area contributed by atoms with E-state index in [1.54, 1.807) is 42.5 Å². The fraction of sp³-hybridized carbons (Fsp3) is 0.500. The highest BCUT2D eigenvalue weighted by Gasteiger charge is 2.36. The standard InChI is InChI=1S/C30H37FO3/c1-3-5-6-21-7-8-23-19-24(10-9-22(23)18-21)28-16-11-25(20-29(28)31)30(32)34-27-14-12-26(13-15-27)33-17-4-2/h4,11-16,20-24H,2-3,5-10,17-19H2,1H3/t21-,22-,23+,24?/m0/s1. The smallest absolute Gasteiger partial charge is 0.343 e. The first kappa shape index (κ1) is 24.5. The van der Waals surface area contributed by atoms with Crippen LogP contribution in [0.4, 0.5) is 4.39 Å². The molecule has 2 saturated carbocycles. The third-order valence-electron chi connectivity index (χ3n) is 7.77. The molecule has 2 aliphatic carbocycles. The Bertz CT molecular complexity index is 968. The molecule has 2 aromatic rings. The minimum Gasteiger partial charge on any atom is -0.490 e. The third kappa shape index (κ3) is 6.08. The summed E-state index contributed by atoms with van der Waals surface area (Å²) < 4.78 is 26.0. The summed E-state index contributed by atoms with van der Waals surface area (Å²) in [6.45, 7) is 6.30. The number of carbonyl (C=O) groups excluding carboxylic acids is 1. The average molecular weight is 465 g/mol. The molecule has 2 aliphatic rings. The van der Waals surface area contributed by atoms with Crippen molar-refractivity contribution >= 4 is 5.97 Å². The SMILES string of the molecule is C=CCOc1ccc(OC(=O)c2ccc(C3CC[C@H]4C[C@@H](CCCC)CC[C@@H]4C3)c(F)c2)cc1. The van der Waals surface area contributed by atoms with Gasteiger partial charge in [-0.15, -0.1) is 0 Å². The Kier molecular flexibility index (Phi) is 8.42. The van der Waals surface area contributed by atoms with Gasteiger partial charge in [0, 0.05) is 0 Å². The molecule has 0 radical (unpaired) electrons. The molecule has 4 rings (SSSR count). The lowest BCUT2D eigenvalue weighted by molar-refractivity contribution is 0.0734. The maximum Gasteiger partial charge on any atom is 0.343 e. The average Bonchev–Trinajstić information content (AvgIpc) is 2.86. The second-order valence-corrected chi connectivity index (χ2v) is 10.0. The van der Waals surface area contributed by atoms with Gasteiger partial charge in [0.05, 0.1) is 5.56 Å². The van der Waals surface area contributed by atoms with Gasteiger partial charge in [-0.1, -0.05) is 51.3 Å². The summed E-state index contributed by atoms with van der Waals surface area (Å²) in [5.41, 5.74) is 0.991. The van der Waals surface area contributed by atoms with E-state index in [-0.39, 0.29) is 17.3 Å². The number of rotatable bonds is 9. The van der Waals surface area contributed by atoms with Gasteiger partial charge in [0.15, 0.2) is 0 Å². The van der Waals surface area contributed by atoms with Crippen molar-refractivity contribution in [1.29, 1.82) is 0 Å². The second kappa shape index (κ2) is 11.7. The molecule has 4 atom stereocenters. The van der Waals surface area contributed by atoms with Gasteiger partial charge in [-0.2, -0.15) is 0 Å². The summed E-state index contributed by atoms with van der Waals surface area (Å²) in [6.07, 6.45) is 13.0. The minimum atomic E-state index is -0.556. The van der Waals surface area contributed by atoms with Gasteiger partial charge >= 0.3 is 5.97 Å². The molecular weight excluding hydrogens is 427 g/mol. The Hall–Kier alpha value is -2.62. The van der Waals surface area contributed by atoms with Crippen LogP contribution >= 0.6 is 0 Å². The van der Waals surface area contributed by atoms with Gasteiger partial charge < -0.3 is 9.47 Å². The van der Waals surface area contributed by atoms with Crippen LogP contribution in [0.25, 0.3) is 0 Å². The lowest BCUT2D eigenvalue weighted by atomic mass is 9.63. The molecule has 0 bridgehead atoms. The summed E-state index contributed by atoms with van der Waals surface area (Å²) in [7, 11) is 0. The highest BCUT2D eigenvalue weighted by Crippen LogP contribution is 2.48. The van der Waals surface area contributed by atoms with Gasteiger partial charge in [0.25, 0.3) is 0 Å². The molecule has 3 nitrogen and oxygen atoms in total. The predicted octanol–water partition coefficient (Wildman–Crippen LogP) is 8.10. The summed E-state index contributed by atoms with van der Waals surface area (Å²) in [5, 5.41) is 0. The molecule has 0 aromatic heterocycles. The number of halogens is 1. The number of hydrogen-bond donors (Lipinski definition) is 0. The number of hydrogen-bond acceptors (Lipinski definition) is 3. The Morgan fingerprint density at radius 3 is 2.50 bits per heavy atom. The molecule has 0 aliphatic heterocycles. The number of ether oxygens (including phenoxy) is 2. The van der Waals surface area contributed by atoms with Crippen LogP contribution in [0.2, 0.25) is 0 Å². The molecule has 0 N–H and O–H groups in total. The normalized spacial score (nSPS) is 24.2. The van der Waals surface area contributed by atoms with Crippen LogP contribution in [0.1, 0.15) is 86.6 Å².